The van der Waals surface area contributed by atoms with E-state index in [0.29, 0.717) is 36.8 Å². The lowest BCUT2D eigenvalue weighted by Gasteiger charge is -2.25. The summed E-state index contributed by atoms with van der Waals surface area (Å²) < 4.78 is 16.3. The average Bonchev–Trinajstić information content (AvgIpc) is 2.70. The Labute approximate surface area is 160 Å². The van der Waals surface area contributed by atoms with E-state index < -0.39 is 0 Å². The third-order valence-corrected chi connectivity index (χ3v) is 4.61. The first-order valence-electron chi connectivity index (χ1n) is 9.02. The summed E-state index contributed by atoms with van der Waals surface area (Å²) in [5.41, 5.74) is 1.79. The maximum atomic E-state index is 12.5. The molecule has 1 aliphatic heterocycles. The fourth-order valence-electron chi connectivity index (χ4n) is 3.07. The first kappa shape index (κ1) is 19.2. The van der Waals surface area contributed by atoms with E-state index in [9.17, 15) is 4.79 Å². The normalized spacial score (nSPS) is 14.1. The molecule has 0 bridgehead atoms. The van der Waals surface area contributed by atoms with Crippen LogP contribution >= 0.6 is 0 Å². The second-order valence-corrected chi connectivity index (χ2v) is 6.67. The molecular formula is C21H26N2O4. The summed E-state index contributed by atoms with van der Waals surface area (Å²) in [7, 11) is 5.71. The van der Waals surface area contributed by atoms with Gasteiger partial charge in [-0.1, -0.05) is 12.1 Å². The van der Waals surface area contributed by atoms with Crippen LogP contribution in [0.15, 0.2) is 42.5 Å². The predicted octanol–water partition coefficient (Wildman–Crippen LogP) is 2.54. The maximum absolute atomic E-state index is 12.5. The highest BCUT2D eigenvalue weighted by Gasteiger charge is 2.17. The van der Waals surface area contributed by atoms with Crippen LogP contribution in [0.5, 0.6) is 17.2 Å². The largest absolute Gasteiger partial charge is 0.497 e. The molecule has 6 nitrogen and oxygen atoms in total. The Hall–Kier alpha value is -2.57. The van der Waals surface area contributed by atoms with Crippen molar-refractivity contribution < 1.29 is 19.0 Å². The molecule has 0 saturated heterocycles. The van der Waals surface area contributed by atoms with Gasteiger partial charge in [0.05, 0.1) is 13.7 Å². The molecule has 6 heteroatoms. The van der Waals surface area contributed by atoms with E-state index in [1.807, 2.05) is 38.4 Å². The Kier molecular flexibility index (Phi) is 6.32. The van der Waals surface area contributed by atoms with Gasteiger partial charge in [0.1, 0.15) is 19.0 Å². The standard InChI is InChI=1S/C21H26N2O4/c1-23(2)18(15-4-7-17(25-3)8-5-15)13-22-14-19(24)16-6-9-20-21(12-16)27-11-10-26-20/h4-9,12,18,22H,10-11,13-14H2,1-3H3. The number of ether oxygens (including phenoxy) is 3. The molecule has 144 valence electrons. The molecule has 0 radical (unpaired) electrons. The Morgan fingerprint density at radius 2 is 1.81 bits per heavy atom. The summed E-state index contributed by atoms with van der Waals surface area (Å²) in [6.07, 6.45) is 0. The fourth-order valence-corrected chi connectivity index (χ4v) is 3.07. The van der Waals surface area contributed by atoms with Crippen molar-refractivity contribution in [2.75, 3.05) is 47.5 Å². The maximum Gasteiger partial charge on any atom is 0.176 e. The molecule has 2 aromatic rings. The van der Waals surface area contributed by atoms with E-state index in [2.05, 4.69) is 10.2 Å². The third-order valence-electron chi connectivity index (χ3n) is 4.61. The molecule has 27 heavy (non-hydrogen) atoms. The van der Waals surface area contributed by atoms with Crippen LogP contribution < -0.4 is 19.5 Å². The number of nitrogens with one attached hydrogen (secondary N) is 1. The Morgan fingerprint density at radius 1 is 1.11 bits per heavy atom. The van der Waals surface area contributed by atoms with Crippen molar-refractivity contribution in [2.45, 2.75) is 6.04 Å². The van der Waals surface area contributed by atoms with E-state index in [4.69, 9.17) is 14.2 Å². The number of fused-ring (bicyclic) bond motifs is 1. The van der Waals surface area contributed by atoms with Crippen LogP contribution in [-0.4, -0.2) is 58.2 Å². The van der Waals surface area contributed by atoms with Crippen LogP contribution in [0.2, 0.25) is 0 Å². The quantitative estimate of drug-likeness (QED) is 0.721. The number of benzene rings is 2. The Balaban J connectivity index is 1.58. The number of ketones is 1. The van der Waals surface area contributed by atoms with Crippen LogP contribution in [0.3, 0.4) is 0 Å². The second-order valence-electron chi connectivity index (χ2n) is 6.67. The Morgan fingerprint density at radius 3 is 2.48 bits per heavy atom. The Bertz CT molecular complexity index is 774. The van der Waals surface area contributed by atoms with Crippen LogP contribution in [0, 0.1) is 0 Å². The van der Waals surface area contributed by atoms with E-state index in [1.54, 1.807) is 25.3 Å². The fraction of sp³-hybridized carbons (Fsp3) is 0.381. The monoisotopic (exact) mass is 370 g/mol. The number of carbonyl (C=O) groups excluding carboxylic acids is 1. The minimum Gasteiger partial charge on any atom is -0.497 e. The zero-order valence-corrected chi connectivity index (χ0v) is 16.0. The summed E-state index contributed by atoms with van der Waals surface area (Å²) in [6.45, 7) is 1.98. The molecule has 1 aliphatic rings. The van der Waals surface area contributed by atoms with Crippen molar-refractivity contribution >= 4 is 5.78 Å². The van der Waals surface area contributed by atoms with Gasteiger partial charge in [0.2, 0.25) is 0 Å². The lowest BCUT2D eigenvalue weighted by molar-refractivity contribution is 0.0987. The molecule has 1 heterocycles. The summed E-state index contributed by atoms with van der Waals surface area (Å²) >= 11 is 0. The number of nitrogens with zero attached hydrogens (tertiary/aromatic N) is 1. The molecule has 0 saturated carbocycles. The van der Waals surface area contributed by atoms with E-state index >= 15 is 0 Å². The molecule has 2 aromatic carbocycles. The van der Waals surface area contributed by atoms with E-state index in [0.717, 1.165) is 5.75 Å². The summed E-state index contributed by atoms with van der Waals surface area (Å²) in [5.74, 6) is 2.19. The number of Topliss-reactive ketones (excluding diaryl/α,β-unsaturated/α-hetero) is 1. The molecule has 1 unspecified atom stereocenters. The van der Waals surface area contributed by atoms with E-state index in [-0.39, 0.29) is 18.4 Å². The molecule has 0 amide bonds. The summed E-state index contributed by atoms with van der Waals surface area (Å²) in [4.78, 5) is 14.6. The van der Waals surface area contributed by atoms with Crippen molar-refractivity contribution in [3.8, 4) is 17.2 Å². The van der Waals surface area contributed by atoms with Gasteiger partial charge in [-0.05, 0) is 50.0 Å². The highest BCUT2D eigenvalue weighted by Crippen LogP contribution is 2.30. The number of carbonyl (C=O) groups is 1. The van der Waals surface area contributed by atoms with Gasteiger partial charge < -0.3 is 24.4 Å². The zero-order valence-electron chi connectivity index (χ0n) is 16.0. The molecule has 3 rings (SSSR count). The molecule has 0 aliphatic carbocycles. The van der Waals surface area contributed by atoms with Crippen LogP contribution in [0.4, 0.5) is 0 Å². The number of methoxy groups -OCH3 is 1. The van der Waals surface area contributed by atoms with Gasteiger partial charge in [-0.15, -0.1) is 0 Å². The van der Waals surface area contributed by atoms with Crippen LogP contribution in [0.25, 0.3) is 0 Å². The average molecular weight is 370 g/mol. The van der Waals surface area contributed by atoms with Gasteiger partial charge in [-0.2, -0.15) is 0 Å². The van der Waals surface area contributed by atoms with Gasteiger partial charge in [0.25, 0.3) is 0 Å². The number of rotatable bonds is 8. The van der Waals surface area contributed by atoms with Crippen LogP contribution in [-0.2, 0) is 0 Å². The molecule has 0 fully saturated rings. The van der Waals surface area contributed by atoms with Crippen molar-refractivity contribution in [3.05, 3.63) is 53.6 Å². The van der Waals surface area contributed by atoms with Crippen molar-refractivity contribution in [3.63, 3.8) is 0 Å². The lowest BCUT2D eigenvalue weighted by atomic mass is 10.1. The minimum absolute atomic E-state index is 0.0270. The highest BCUT2D eigenvalue weighted by atomic mass is 16.6. The van der Waals surface area contributed by atoms with Gasteiger partial charge in [0.15, 0.2) is 17.3 Å². The number of likely N-dealkylation sites (N-methyl/N-ethyl adjacent to an activating group) is 1. The molecule has 0 aromatic heterocycles. The van der Waals surface area contributed by atoms with Gasteiger partial charge in [0, 0.05) is 18.2 Å². The van der Waals surface area contributed by atoms with Crippen molar-refractivity contribution in [1.29, 1.82) is 0 Å². The highest BCUT2D eigenvalue weighted by molar-refractivity contribution is 5.98. The number of hydrogen-bond donors (Lipinski definition) is 1. The predicted molar refractivity (Wildman–Crippen MR) is 104 cm³/mol. The van der Waals surface area contributed by atoms with E-state index in [1.165, 1.54) is 5.56 Å². The van der Waals surface area contributed by atoms with Gasteiger partial charge >= 0.3 is 0 Å². The minimum atomic E-state index is 0.0270. The molecule has 1 atom stereocenters. The zero-order chi connectivity index (χ0) is 19.2. The first-order chi connectivity index (χ1) is 13.1. The topological polar surface area (TPSA) is 60.0 Å². The van der Waals surface area contributed by atoms with Gasteiger partial charge in [-0.3, -0.25) is 4.79 Å². The van der Waals surface area contributed by atoms with Crippen LogP contribution in [0.1, 0.15) is 22.0 Å². The molecule has 0 spiro atoms. The third kappa shape index (κ3) is 4.78. The number of hydrogen-bond acceptors (Lipinski definition) is 6. The summed E-state index contributed by atoms with van der Waals surface area (Å²) in [6, 6.07) is 13.5. The molecule has 1 N–H and O–H groups in total. The SMILES string of the molecule is COc1ccc(C(CNCC(=O)c2ccc3c(c2)OCCO3)N(C)C)cc1. The van der Waals surface area contributed by atoms with Crippen molar-refractivity contribution in [2.24, 2.45) is 0 Å². The first-order valence-corrected chi connectivity index (χ1v) is 9.02. The smallest absolute Gasteiger partial charge is 0.176 e. The second kappa shape index (κ2) is 8.88. The van der Waals surface area contributed by atoms with Gasteiger partial charge in [-0.25, -0.2) is 0 Å². The lowest BCUT2D eigenvalue weighted by Crippen LogP contribution is -2.33. The summed E-state index contributed by atoms with van der Waals surface area (Å²) in [5, 5.41) is 3.28. The van der Waals surface area contributed by atoms with Crippen molar-refractivity contribution in [1.82, 2.24) is 10.2 Å². The molecular weight excluding hydrogens is 344 g/mol.